The number of anilines is 1. The van der Waals surface area contributed by atoms with E-state index in [1.165, 1.54) is 5.39 Å². The Bertz CT molecular complexity index is 2070. The number of nitrogens with two attached hydrogens (primary N) is 1. The van der Waals surface area contributed by atoms with Gasteiger partial charge in [-0.05, 0) is 64.4 Å². The van der Waals surface area contributed by atoms with E-state index in [1.54, 1.807) is 4.90 Å². The lowest BCUT2D eigenvalue weighted by molar-refractivity contribution is -0.135. The molecular formula is C43H42N4O3. The number of hydrogen-bond acceptors (Lipinski definition) is 4. The monoisotopic (exact) mass is 662 g/mol. The van der Waals surface area contributed by atoms with Crippen LogP contribution in [0, 0.1) is 17.8 Å². The van der Waals surface area contributed by atoms with Gasteiger partial charge in [0.2, 0.25) is 18.0 Å². The molecule has 1 aliphatic heterocycles. The number of rotatable bonds is 12. The molecule has 7 heteroatoms. The molecule has 0 radical (unpaired) electrons. The number of nitrogens with zero attached hydrogens (tertiary/aromatic N) is 2. The number of aliphatic imine (C=N–C) groups is 1. The van der Waals surface area contributed by atoms with Crippen LogP contribution in [0.1, 0.15) is 55.7 Å². The van der Waals surface area contributed by atoms with Gasteiger partial charge in [-0.3, -0.25) is 14.4 Å². The van der Waals surface area contributed by atoms with Crippen LogP contribution >= 0.6 is 0 Å². The van der Waals surface area contributed by atoms with Crippen molar-refractivity contribution in [3.05, 3.63) is 138 Å². The normalized spacial score (nSPS) is 17.0. The summed E-state index contributed by atoms with van der Waals surface area (Å²) in [6.07, 6.45) is 2.67. The minimum Gasteiger partial charge on any atom is -0.369 e. The number of benzene rings is 5. The maximum Gasteiger partial charge on any atom is 0.272 e. The van der Waals surface area contributed by atoms with Crippen molar-refractivity contribution < 1.29 is 14.4 Å². The molecule has 1 heterocycles. The number of fused-ring (bicyclic) bond motifs is 2. The number of hydrogen-bond donors (Lipinski definition) is 2. The van der Waals surface area contributed by atoms with Gasteiger partial charge >= 0.3 is 0 Å². The predicted molar refractivity (Wildman–Crippen MR) is 199 cm³/mol. The number of nitrogens with one attached hydrogen (secondary N) is 1. The van der Waals surface area contributed by atoms with Crippen LogP contribution in [0.5, 0.6) is 0 Å². The summed E-state index contributed by atoms with van der Waals surface area (Å²) in [5.41, 5.74) is 11.9. The van der Waals surface area contributed by atoms with Crippen molar-refractivity contribution in [2.24, 2.45) is 28.5 Å². The average molecular weight is 663 g/mol. The van der Waals surface area contributed by atoms with Crippen molar-refractivity contribution in [3.63, 3.8) is 0 Å². The number of benzodiazepines with no additional fused rings is 1. The molecule has 3 amide bonds. The highest BCUT2D eigenvalue weighted by Gasteiger charge is 2.40. The summed E-state index contributed by atoms with van der Waals surface area (Å²) in [5.74, 6) is -2.02. The van der Waals surface area contributed by atoms with E-state index in [-0.39, 0.29) is 18.4 Å². The molecule has 3 atom stereocenters. The fourth-order valence-electron chi connectivity index (χ4n) is 7.17. The van der Waals surface area contributed by atoms with E-state index in [0.717, 1.165) is 52.5 Å². The van der Waals surface area contributed by atoms with Crippen LogP contribution in [0.3, 0.4) is 0 Å². The third kappa shape index (κ3) is 7.08. The molecule has 7 nitrogen and oxygen atoms in total. The fourth-order valence-corrected chi connectivity index (χ4v) is 7.17. The van der Waals surface area contributed by atoms with Gasteiger partial charge in [0.15, 0.2) is 0 Å². The average Bonchev–Trinajstić information content (AvgIpc) is 3.98. The van der Waals surface area contributed by atoms with E-state index in [0.29, 0.717) is 30.2 Å². The fraction of sp³-hybridized carbons (Fsp3) is 0.256. The molecule has 252 valence electrons. The van der Waals surface area contributed by atoms with Gasteiger partial charge in [0.05, 0.1) is 17.9 Å². The number of carbonyl (C=O) groups excluding carboxylic acids is 3. The third-order valence-corrected chi connectivity index (χ3v) is 9.96. The van der Waals surface area contributed by atoms with Crippen molar-refractivity contribution in [1.82, 2.24) is 5.32 Å². The van der Waals surface area contributed by atoms with Gasteiger partial charge in [-0.2, -0.15) is 0 Å². The number of para-hydroxylation sites is 1. The Morgan fingerprint density at radius 3 is 2.26 bits per heavy atom. The smallest absolute Gasteiger partial charge is 0.272 e. The van der Waals surface area contributed by atoms with Gasteiger partial charge in [0, 0.05) is 23.0 Å². The topological polar surface area (TPSA) is 105 Å². The van der Waals surface area contributed by atoms with E-state index in [1.807, 2.05) is 85.8 Å². The highest BCUT2D eigenvalue weighted by atomic mass is 16.2. The first-order chi connectivity index (χ1) is 24.4. The largest absolute Gasteiger partial charge is 0.369 e. The summed E-state index contributed by atoms with van der Waals surface area (Å²) in [6, 6.07) is 40.4. The molecule has 0 bridgehead atoms. The van der Waals surface area contributed by atoms with Gasteiger partial charge in [-0.25, -0.2) is 4.99 Å². The molecule has 0 aromatic heterocycles. The van der Waals surface area contributed by atoms with Crippen molar-refractivity contribution in [2.45, 2.75) is 51.7 Å². The van der Waals surface area contributed by atoms with Crippen LogP contribution in [-0.2, 0) is 20.9 Å². The molecular weight excluding hydrogens is 620 g/mol. The SMILES string of the molecule is CCC[C@H](C(N)=O)[C@@H](CC1CC1)C(=O)NC1N=C(c2ccccc2)c2ccccc2N(Cc2cccc(-c3ccc4ccccc4c3)c2)C1=O. The molecule has 5 aromatic rings. The van der Waals surface area contributed by atoms with Gasteiger partial charge < -0.3 is 16.0 Å². The summed E-state index contributed by atoms with van der Waals surface area (Å²) >= 11 is 0. The van der Waals surface area contributed by atoms with Gasteiger partial charge in [0.25, 0.3) is 5.91 Å². The Morgan fingerprint density at radius 2 is 1.50 bits per heavy atom. The van der Waals surface area contributed by atoms with Crippen molar-refractivity contribution in [2.75, 3.05) is 4.90 Å². The number of amides is 3. The van der Waals surface area contributed by atoms with E-state index < -0.39 is 23.9 Å². The Morgan fingerprint density at radius 1 is 0.800 bits per heavy atom. The lowest BCUT2D eigenvalue weighted by Gasteiger charge is -2.28. The minimum absolute atomic E-state index is 0.270. The van der Waals surface area contributed by atoms with Crippen LogP contribution in [0.2, 0.25) is 0 Å². The highest BCUT2D eigenvalue weighted by molar-refractivity contribution is 6.20. The second-order valence-corrected chi connectivity index (χ2v) is 13.5. The molecule has 0 spiro atoms. The lowest BCUT2D eigenvalue weighted by atomic mass is 9.83. The molecule has 1 saturated carbocycles. The van der Waals surface area contributed by atoms with Crippen molar-refractivity contribution in [3.8, 4) is 11.1 Å². The van der Waals surface area contributed by atoms with Crippen molar-refractivity contribution in [1.29, 1.82) is 0 Å². The molecule has 50 heavy (non-hydrogen) atoms. The van der Waals surface area contributed by atoms with Crippen molar-refractivity contribution >= 4 is 39.9 Å². The van der Waals surface area contributed by atoms with Gasteiger partial charge in [-0.1, -0.05) is 129 Å². The first kappa shape index (κ1) is 33.0. The molecule has 1 aliphatic carbocycles. The summed E-state index contributed by atoms with van der Waals surface area (Å²) in [4.78, 5) is 48.2. The zero-order valence-electron chi connectivity index (χ0n) is 28.3. The summed E-state index contributed by atoms with van der Waals surface area (Å²) < 4.78 is 0. The second kappa shape index (κ2) is 14.5. The molecule has 2 aliphatic rings. The van der Waals surface area contributed by atoms with Gasteiger partial charge in [0.1, 0.15) is 0 Å². The Hall–Kier alpha value is -5.56. The van der Waals surface area contributed by atoms with Crippen LogP contribution in [-0.4, -0.2) is 29.6 Å². The van der Waals surface area contributed by atoms with Gasteiger partial charge in [-0.15, -0.1) is 0 Å². The maximum absolute atomic E-state index is 14.7. The maximum atomic E-state index is 14.7. The van der Waals surface area contributed by atoms with Crippen LogP contribution < -0.4 is 16.0 Å². The van der Waals surface area contributed by atoms with E-state index >= 15 is 0 Å². The summed E-state index contributed by atoms with van der Waals surface area (Å²) in [5, 5.41) is 5.35. The number of carbonyl (C=O) groups is 3. The van der Waals surface area contributed by atoms with E-state index in [2.05, 4.69) is 47.8 Å². The minimum atomic E-state index is -1.20. The van der Waals surface area contributed by atoms with Crippen LogP contribution in [0.15, 0.2) is 126 Å². The molecule has 1 unspecified atom stereocenters. The third-order valence-electron chi connectivity index (χ3n) is 9.96. The predicted octanol–water partition coefficient (Wildman–Crippen LogP) is 7.65. The molecule has 1 fully saturated rings. The summed E-state index contributed by atoms with van der Waals surface area (Å²) in [6.45, 7) is 2.25. The lowest BCUT2D eigenvalue weighted by Crippen LogP contribution is -2.50. The number of primary amides is 1. The molecule has 7 rings (SSSR count). The van der Waals surface area contributed by atoms with E-state index in [9.17, 15) is 14.4 Å². The zero-order chi connectivity index (χ0) is 34.6. The quantitative estimate of drug-likeness (QED) is 0.143. The molecule has 5 aromatic carbocycles. The standard InChI is InChI=1S/C43H42N4O3/c1-2-11-35(40(44)48)37(25-28-20-21-28)42(49)46-41-43(50)47(38-19-9-8-18-36(38)39(45-41)31-14-4-3-5-15-31)27-29-12-10-17-32(24-29)34-23-22-30-13-6-7-16-33(30)26-34/h3-10,12-19,22-24,26,28,35,37,41H,2,11,20-21,25,27H2,1H3,(H2,44,48)(H,46,49)/t35-,37+,41?/m0/s1. The highest BCUT2D eigenvalue weighted by Crippen LogP contribution is 2.39. The van der Waals surface area contributed by atoms with Crippen LogP contribution in [0.4, 0.5) is 5.69 Å². The second-order valence-electron chi connectivity index (χ2n) is 13.5. The first-order valence-electron chi connectivity index (χ1n) is 17.6. The molecule has 3 N–H and O–H groups in total. The summed E-state index contributed by atoms with van der Waals surface area (Å²) in [7, 11) is 0. The Balaban J connectivity index is 1.26. The molecule has 0 saturated heterocycles. The van der Waals surface area contributed by atoms with Crippen LogP contribution in [0.25, 0.3) is 21.9 Å². The zero-order valence-corrected chi connectivity index (χ0v) is 28.3. The Kier molecular flexibility index (Phi) is 9.56. The first-order valence-corrected chi connectivity index (χ1v) is 17.6. The Labute approximate surface area is 293 Å². The van der Waals surface area contributed by atoms with E-state index in [4.69, 9.17) is 10.7 Å².